The summed E-state index contributed by atoms with van der Waals surface area (Å²) in [5.41, 5.74) is 5.25. The van der Waals surface area contributed by atoms with Gasteiger partial charge in [0.2, 0.25) is 0 Å². The van der Waals surface area contributed by atoms with Crippen LogP contribution in [0.5, 0.6) is 0 Å². The van der Waals surface area contributed by atoms with Crippen LogP contribution in [-0.4, -0.2) is 56.1 Å². The molecule has 0 saturated heterocycles. The minimum absolute atomic E-state index is 0.0353. The molecule has 0 aromatic carbocycles. The minimum atomic E-state index is -0.984. The van der Waals surface area contributed by atoms with Crippen LogP contribution in [-0.2, 0) is 23.9 Å². The highest BCUT2D eigenvalue weighted by Gasteiger charge is 2.18. The number of methoxy groups -OCH3 is 2. The Hall–Kier alpha value is -1.31. The molecule has 0 bridgehead atoms. The second-order valence-corrected chi connectivity index (χ2v) is 4.07. The van der Waals surface area contributed by atoms with E-state index in [1.165, 1.54) is 28.1 Å². The second-order valence-electron chi connectivity index (χ2n) is 4.07. The zero-order valence-corrected chi connectivity index (χ0v) is 11.8. The highest BCUT2D eigenvalue weighted by atomic mass is 16.5. The van der Waals surface area contributed by atoms with Gasteiger partial charge >= 0.3 is 5.97 Å². The quantitative estimate of drug-likeness (QED) is 0.634. The molecule has 19 heavy (non-hydrogen) atoms. The molecule has 0 unspecified atom stereocenters. The van der Waals surface area contributed by atoms with E-state index in [2.05, 4.69) is 9.47 Å². The summed E-state index contributed by atoms with van der Waals surface area (Å²) >= 11 is 0. The predicted molar refractivity (Wildman–Crippen MR) is 68.8 cm³/mol. The summed E-state index contributed by atoms with van der Waals surface area (Å²) in [7, 11) is 2.93. The van der Waals surface area contributed by atoms with Crippen molar-refractivity contribution in [2.45, 2.75) is 26.3 Å². The largest absolute Gasteiger partial charge is 0.481 e. The maximum atomic E-state index is 10.5. The van der Waals surface area contributed by atoms with E-state index in [1.807, 2.05) is 0 Å². The fraction of sp³-hybridized carbons (Fsp3) is 0.750. The van der Waals surface area contributed by atoms with Crippen LogP contribution in [0.2, 0.25) is 0 Å². The van der Waals surface area contributed by atoms with Crippen molar-refractivity contribution >= 4 is 17.5 Å². The van der Waals surface area contributed by atoms with E-state index >= 15 is 0 Å². The van der Waals surface area contributed by atoms with Crippen LogP contribution in [0.15, 0.2) is 0 Å². The molecule has 7 nitrogen and oxygen atoms in total. The molecule has 2 atom stereocenters. The van der Waals surface area contributed by atoms with Crippen molar-refractivity contribution in [2.24, 2.45) is 11.7 Å². The molecule has 0 fully saturated rings. The third-order valence-corrected chi connectivity index (χ3v) is 2.12. The minimum Gasteiger partial charge on any atom is -0.481 e. The van der Waals surface area contributed by atoms with Gasteiger partial charge in [-0.2, -0.15) is 0 Å². The Morgan fingerprint density at radius 2 is 1.58 bits per heavy atom. The number of nitrogens with two attached hydrogens (primary N) is 1. The van der Waals surface area contributed by atoms with Crippen LogP contribution in [0.1, 0.15) is 20.3 Å². The number of carbonyl (C=O) groups excluding carboxylic acids is 2. The van der Waals surface area contributed by atoms with Crippen molar-refractivity contribution in [3.63, 3.8) is 0 Å². The smallest absolute Gasteiger partial charge is 0.309 e. The number of carboxylic acids is 1. The number of carboxylic acid groups (broad SMARTS) is 1. The van der Waals surface area contributed by atoms with Crippen molar-refractivity contribution in [3.05, 3.63) is 0 Å². The lowest BCUT2D eigenvalue weighted by Gasteiger charge is -2.07. The number of hydrogen-bond acceptors (Lipinski definition) is 6. The molecule has 0 spiro atoms. The van der Waals surface area contributed by atoms with Gasteiger partial charge in [0.15, 0.2) is 0 Å². The number of Topliss-reactive ketones (excluding diaryl/α,β-unsaturated/α-hetero) is 2. The molecule has 0 aliphatic carbocycles. The van der Waals surface area contributed by atoms with Gasteiger partial charge < -0.3 is 25.1 Å². The summed E-state index contributed by atoms with van der Waals surface area (Å²) in [6, 6.07) is -0.444. The van der Waals surface area contributed by atoms with Gasteiger partial charge in [-0.15, -0.1) is 0 Å². The van der Waals surface area contributed by atoms with Crippen molar-refractivity contribution in [2.75, 3.05) is 27.4 Å². The summed E-state index contributed by atoms with van der Waals surface area (Å²) in [6.07, 6.45) is 0.0448. The molecule has 0 aromatic heterocycles. The molecule has 0 saturated carbocycles. The average Bonchev–Trinajstić information content (AvgIpc) is 2.28. The van der Waals surface area contributed by atoms with Gasteiger partial charge in [0.05, 0.1) is 25.2 Å². The fourth-order valence-electron chi connectivity index (χ4n) is 1.06. The third-order valence-electron chi connectivity index (χ3n) is 2.12. The predicted octanol–water partition coefficient (Wildman–Crippen LogP) is -0.138. The Morgan fingerprint density at radius 3 is 1.79 bits per heavy atom. The summed E-state index contributed by atoms with van der Waals surface area (Å²) in [4.78, 5) is 31.2. The normalized spacial score (nSPS) is 12.9. The molecule has 0 rings (SSSR count). The SMILES string of the molecule is COC[C@@H](CC(C)=O)C(=O)O.COC[C@H](N)C(C)=O. The van der Waals surface area contributed by atoms with Crippen LogP contribution in [0.25, 0.3) is 0 Å². The van der Waals surface area contributed by atoms with Crippen LogP contribution in [0.3, 0.4) is 0 Å². The van der Waals surface area contributed by atoms with E-state index in [0.717, 1.165) is 0 Å². The number of ether oxygens (including phenoxy) is 2. The molecule has 0 aliphatic rings. The first-order valence-electron chi connectivity index (χ1n) is 5.72. The lowest BCUT2D eigenvalue weighted by molar-refractivity contribution is -0.145. The van der Waals surface area contributed by atoms with Crippen LogP contribution in [0.4, 0.5) is 0 Å². The highest BCUT2D eigenvalue weighted by molar-refractivity contribution is 5.82. The third kappa shape index (κ3) is 12.9. The summed E-state index contributed by atoms with van der Waals surface area (Å²) in [5, 5.41) is 8.52. The van der Waals surface area contributed by atoms with E-state index in [9.17, 15) is 14.4 Å². The van der Waals surface area contributed by atoms with E-state index < -0.39 is 17.9 Å². The number of carbonyl (C=O) groups is 3. The van der Waals surface area contributed by atoms with Gasteiger partial charge in [0.25, 0.3) is 0 Å². The van der Waals surface area contributed by atoms with E-state index in [-0.39, 0.29) is 24.6 Å². The van der Waals surface area contributed by atoms with E-state index in [0.29, 0.717) is 6.61 Å². The Kier molecular flexibility index (Phi) is 12.4. The molecule has 0 radical (unpaired) electrons. The van der Waals surface area contributed by atoms with Gasteiger partial charge in [-0.1, -0.05) is 0 Å². The van der Waals surface area contributed by atoms with Crippen molar-refractivity contribution < 1.29 is 29.0 Å². The monoisotopic (exact) mass is 277 g/mol. The van der Waals surface area contributed by atoms with Gasteiger partial charge in [-0.05, 0) is 13.8 Å². The van der Waals surface area contributed by atoms with Crippen molar-refractivity contribution in [1.29, 1.82) is 0 Å². The Labute approximate surface area is 113 Å². The fourth-order valence-corrected chi connectivity index (χ4v) is 1.06. The standard InChI is InChI=1S/C7H12O4.C5H11NO2/c1-5(8)3-6(4-11-2)7(9)10;1-4(7)5(6)3-8-2/h6H,3-4H2,1-2H3,(H,9,10);5H,3,6H2,1-2H3/t6-;5-/m10/s1. The molecule has 0 aromatic rings. The summed E-state index contributed by atoms with van der Waals surface area (Å²) in [6.45, 7) is 3.22. The average molecular weight is 277 g/mol. The first-order valence-corrected chi connectivity index (χ1v) is 5.72. The lowest BCUT2D eigenvalue weighted by atomic mass is 10.1. The summed E-state index contributed by atoms with van der Waals surface area (Å²) < 4.78 is 9.25. The molecular weight excluding hydrogens is 254 g/mol. The first-order chi connectivity index (χ1) is 8.76. The highest BCUT2D eigenvalue weighted by Crippen LogP contribution is 2.03. The number of rotatable bonds is 8. The molecule has 0 aliphatic heterocycles. The van der Waals surface area contributed by atoms with E-state index in [4.69, 9.17) is 10.8 Å². The zero-order chi connectivity index (χ0) is 15.4. The molecule has 0 heterocycles. The first kappa shape index (κ1) is 20.0. The Morgan fingerprint density at radius 1 is 1.11 bits per heavy atom. The molecular formula is C12H23NO6. The van der Waals surface area contributed by atoms with Crippen molar-refractivity contribution in [3.8, 4) is 0 Å². The molecule has 112 valence electrons. The zero-order valence-electron chi connectivity index (χ0n) is 11.8. The van der Waals surface area contributed by atoms with Gasteiger partial charge in [-0.25, -0.2) is 0 Å². The lowest BCUT2D eigenvalue weighted by Crippen LogP contribution is -2.32. The van der Waals surface area contributed by atoms with Gasteiger partial charge in [0, 0.05) is 20.6 Å². The number of aliphatic carboxylic acids is 1. The Balaban J connectivity index is 0. The summed E-state index contributed by atoms with van der Waals surface area (Å²) in [5.74, 6) is -1.85. The number of ketones is 2. The molecule has 7 heteroatoms. The van der Waals surface area contributed by atoms with Crippen molar-refractivity contribution in [1.82, 2.24) is 0 Å². The van der Waals surface area contributed by atoms with Crippen LogP contribution < -0.4 is 5.73 Å². The second kappa shape index (κ2) is 11.8. The molecule has 3 N–H and O–H groups in total. The van der Waals surface area contributed by atoms with E-state index in [1.54, 1.807) is 0 Å². The van der Waals surface area contributed by atoms with Crippen LogP contribution in [0, 0.1) is 5.92 Å². The Bertz CT molecular complexity index is 292. The maximum Gasteiger partial charge on any atom is 0.309 e. The van der Waals surface area contributed by atoms with Crippen LogP contribution >= 0.6 is 0 Å². The molecule has 0 amide bonds. The topological polar surface area (TPSA) is 116 Å². The van der Waals surface area contributed by atoms with Gasteiger partial charge in [-0.3, -0.25) is 9.59 Å². The maximum absolute atomic E-state index is 10.5. The van der Waals surface area contributed by atoms with Gasteiger partial charge in [0.1, 0.15) is 11.6 Å². The number of hydrogen-bond donors (Lipinski definition) is 2.